The maximum absolute atomic E-state index is 4.74. The predicted octanol–water partition coefficient (Wildman–Crippen LogP) is 5.32. The van der Waals surface area contributed by atoms with Crippen molar-refractivity contribution in [1.82, 2.24) is 0 Å². The van der Waals surface area contributed by atoms with Gasteiger partial charge >= 0.3 is 0 Å². The molecule has 2 nitrogen and oxygen atoms in total. The van der Waals surface area contributed by atoms with Crippen molar-refractivity contribution in [1.29, 1.82) is 0 Å². The highest BCUT2D eigenvalue weighted by Crippen LogP contribution is 2.48. The lowest BCUT2D eigenvalue weighted by atomic mass is 9.66. The van der Waals surface area contributed by atoms with Crippen LogP contribution < -0.4 is 5.32 Å². The number of benzene rings is 2. The van der Waals surface area contributed by atoms with Crippen LogP contribution in [0.15, 0.2) is 53.5 Å². The van der Waals surface area contributed by atoms with Crippen molar-refractivity contribution in [2.24, 2.45) is 4.99 Å². The highest BCUT2D eigenvalue weighted by Gasteiger charge is 2.41. The van der Waals surface area contributed by atoms with Gasteiger partial charge in [0.1, 0.15) is 0 Å². The van der Waals surface area contributed by atoms with Gasteiger partial charge in [0.25, 0.3) is 0 Å². The smallest absolute Gasteiger partial charge is 0.0744 e. The molecule has 2 aromatic rings. The van der Waals surface area contributed by atoms with Crippen molar-refractivity contribution in [3.05, 3.63) is 59.7 Å². The zero-order valence-electron chi connectivity index (χ0n) is 13.2. The molecule has 0 saturated carbocycles. The van der Waals surface area contributed by atoms with E-state index in [2.05, 4.69) is 78.7 Å². The molecular formula is C19H20N2S. The number of rotatable bonds is 2. The summed E-state index contributed by atoms with van der Waals surface area (Å²) in [6.07, 6.45) is 1.02. The van der Waals surface area contributed by atoms with Gasteiger partial charge in [-0.25, -0.2) is 0 Å². The Morgan fingerprint density at radius 1 is 1.09 bits per heavy atom. The van der Waals surface area contributed by atoms with E-state index in [1.807, 2.05) is 6.07 Å². The molecule has 0 aliphatic carbocycles. The van der Waals surface area contributed by atoms with Crippen molar-refractivity contribution in [3.63, 3.8) is 0 Å². The largest absolute Gasteiger partial charge is 0.380 e. The summed E-state index contributed by atoms with van der Waals surface area (Å²) in [5.41, 5.74) is 4.60. The van der Waals surface area contributed by atoms with E-state index in [1.165, 1.54) is 16.8 Å². The van der Waals surface area contributed by atoms with Crippen molar-refractivity contribution in [2.45, 2.75) is 38.1 Å². The summed E-state index contributed by atoms with van der Waals surface area (Å²) in [6, 6.07) is 16.9. The Labute approximate surface area is 137 Å². The maximum atomic E-state index is 4.74. The second-order valence-electron chi connectivity index (χ2n) is 6.82. The average molecular weight is 308 g/mol. The molecule has 22 heavy (non-hydrogen) atoms. The third-order valence-corrected chi connectivity index (χ3v) is 4.54. The van der Waals surface area contributed by atoms with Gasteiger partial charge in [-0.1, -0.05) is 37.3 Å². The molecule has 0 amide bonds. The Hall–Kier alpha value is -1.96. The minimum atomic E-state index is -0.0572. The molecule has 0 unspecified atom stereocenters. The SMILES string of the molecule is CC1(C)C[C@@](C)(c2ccccc2)c2cc(N=C=S)ccc2N1. The zero-order valence-corrected chi connectivity index (χ0v) is 14.0. The van der Waals surface area contributed by atoms with Crippen LogP contribution in [0, 0.1) is 0 Å². The number of hydrogen-bond donors (Lipinski definition) is 1. The minimum Gasteiger partial charge on any atom is -0.380 e. The van der Waals surface area contributed by atoms with E-state index in [1.54, 1.807) is 0 Å². The minimum absolute atomic E-state index is 0.0342. The number of anilines is 1. The lowest BCUT2D eigenvalue weighted by Crippen LogP contribution is -2.45. The number of nitrogens with zero attached hydrogens (tertiary/aromatic N) is 1. The molecule has 1 N–H and O–H groups in total. The van der Waals surface area contributed by atoms with Gasteiger partial charge in [0.2, 0.25) is 0 Å². The first-order valence-electron chi connectivity index (χ1n) is 7.51. The van der Waals surface area contributed by atoms with Crippen molar-refractivity contribution in [2.75, 3.05) is 5.32 Å². The van der Waals surface area contributed by atoms with Crippen LogP contribution in [0.5, 0.6) is 0 Å². The summed E-state index contributed by atoms with van der Waals surface area (Å²) >= 11 is 4.74. The second-order valence-corrected chi connectivity index (χ2v) is 7.00. The van der Waals surface area contributed by atoms with Crippen LogP contribution in [-0.4, -0.2) is 10.7 Å². The van der Waals surface area contributed by atoms with E-state index in [-0.39, 0.29) is 11.0 Å². The van der Waals surface area contributed by atoms with Crippen LogP contribution in [0.3, 0.4) is 0 Å². The summed E-state index contributed by atoms with van der Waals surface area (Å²) in [5, 5.41) is 6.10. The fraction of sp³-hybridized carbons (Fsp3) is 0.316. The summed E-state index contributed by atoms with van der Waals surface area (Å²) in [5.74, 6) is 0. The predicted molar refractivity (Wildman–Crippen MR) is 96.3 cm³/mol. The Bertz CT molecular complexity index is 745. The number of hydrogen-bond acceptors (Lipinski definition) is 3. The quantitative estimate of drug-likeness (QED) is 0.599. The third kappa shape index (κ3) is 2.58. The van der Waals surface area contributed by atoms with E-state index >= 15 is 0 Å². The molecule has 3 heteroatoms. The highest BCUT2D eigenvalue weighted by molar-refractivity contribution is 7.78. The van der Waals surface area contributed by atoms with Gasteiger partial charge in [0.05, 0.1) is 10.8 Å². The summed E-state index contributed by atoms with van der Waals surface area (Å²) < 4.78 is 0. The number of aliphatic imine (C=N–C) groups is 1. The van der Waals surface area contributed by atoms with Crippen LogP contribution in [-0.2, 0) is 5.41 Å². The Morgan fingerprint density at radius 2 is 1.82 bits per heavy atom. The molecule has 1 atom stereocenters. The molecule has 3 rings (SSSR count). The molecule has 2 aromatic carbocycles. The van der Waals surface area contributed by atoms with E-state index in [0.29, 0.717) is 0 Å². The lowest BCUT2D eigenvalue weighted by molar-refractivity contribution is 0.378. The molecule has 0 fully saturated rings. The zero-order chi connectivity index (χ0) is 15.8. The molecule has 0 saturated heterocycles. The van der Waals surface area contributed by atoms with Gasteiger partial charge in [0, 0.05) is 16.6 Å². The molecule has 0 bridgehead atoms. The number of thiocarbonyl (C=S) groups is 1. The molecule has 0 spiro atoms. The van der Waals surface area contributed by atoms with Crippen LogP contribution in [0.1, 0.15) is 38.3 Å². The van der Waals surface area contributed by atoms with E-state index in [0.717, 1.165) is 12.1 Å². The van der Waals surface area contributed by atoms with Gasteiger partial charge in [-0.3, -0.25) is 0 Å². The summed E-state index contributed by atoms with van der Waals surface area (Å²) in [6.45, 7) is 6.81. The van der Waals surface area contributed by atoms with E-state index in [4.69, 9.17) is 12.2 Å². The van der Waals surface area contributed by atoms with Gasteiger partial charge < -0.3 is 5.32 Å². The monoisotopic (exact) mass is 308 g/mol. The van der Waals surface area contributed by atoms with Crippen LogP contribution >= 0.6 is 12.2 Å². The lowest BCUT2D eigenvalue weighted by Gasteiger charge is -2.46. The molecule has 1 aliphatic heterocycles. The Morgan fingerprint density at radius 3 is 2.50 bits per heavy atom. The summed E-state index contributed by atoms with van der Waals surface area (Å²) in [4.78, 5) is 4.15. The Kier molecular flexibility index (Phi) is 3.64. The molecule has 0 aromatic heterocycles. The first-order valence-corrected chi connectivity index (χ1v) is 7.92. The third-order valence-electron chi connectivity index (χ3n) is 4.45. The number of fused-ring (bicyclic) bond motifs is 1. The van der Waals surface area contributed by atoms with Gasteiger partial charge in [-0.15, -0.1) is 0 Å². The molecular weight excluding hydrogens is 288 g/mol. The number of nitrogens with one attached hydrogen (secondary N) is 1. The average Bonchev–Trinajstić information content (AvgIpc) is 2.48. The normalized spacial score (nSPS) is 22.1. The molecule has 1 heterocycles. The van der Waals surface area contributed by atoms with E-state index in [9.17, 15) is 0 Å². The van der Waals surface area contributed by atoms with Crippen LogP contribution in [0.25, 0.3) is 0 Å². The molecule has 112 valence electrons. The standard InChI is InChI=1S/C19H20N2S/c1-18(2)12-19(3,14-7-5-4-6-8-14)16-11-15(20-13-22)9-10-17(16)21-18/h4-11,21H,12H2,1-3H3/t19-/m0/s1. The van der Waals surface area contributed by atoms with Crippen LogP contribution in [0.4, 0.5) is 11.4 Å². The van der Waals surface area contributed by atoms with Crippen molar-refractivity contribution in [3.8, 4) is 0 Å². The molecule has 1 aliphatic rings. The number of isothiocyanates is 1. The summed E-state index contributed by atoms with van der Waals surface area (Å²) in [7, 11) is 0. The fourth-order valence-corrected chi connectivity index (χ4v) is 3.78. The Balaban J connectivity index is 2.23. The van der Waals surface area contributed by atoms with Crippen molar-refractivity contribution >= 4 is 28.8 Å². The van der Waals surface area contributed by atoms with Crippen molar-refractivity contribution < 1.29 is 0 Å². The fourth-order valence-electron chi connectivity index (χ4n) is 3.67. The highest BCUT2D eigenvalue weighted by atomic mass is 32.1. The van der Waals surface area contributed by atoms with E-state index < -0.39 is 0 Å². The van der Waals surface area contributed by atoms with Crippen LogP contribution in [0.2, 0.25) is 0 Å². The van der Waals surface area contributed by atoms with Gasteiger partial charge in [0.15, 0.2) is 0 Å². The first-order chi connectivity index (χ1) is 10.4. The van der Waals surface area contributed by atoms with Gasteiger partial charge in [-0.05, 0) is 61.8 Å². The maximum Gasteiger partial charge on any atom is 0.0744 e. The molecule has 0 radical (unpaired) electrons. The van der Waals surface area contributed by atoms with Gasteiger partial charge in [-0.2, -0.15) is 4.99 Å². The topological polar surface area (TPSA) is 24.4 Å². The first kappa shape index (κ1) is 15.0. The second kappa shape index (κ2) is 5.35.